The van der Waals surface area contributed by atoms with E-state index in [0.29, 0.717) is 0 Å². The fraction of sp³-hybridized carbons (Fsp3) is 0. The number of nitrogens with zero attached hydrogens (tertiary/aromatic N) is 1. The van der Waals surface area contributed by atoms with E-state index in [1.54, 1.807) is 0 Å². The van der Waals surface area contributed by atoms with Gasteiger partial charge in [-0.05, 0) is 5.97 Å². The molecular formula is CH2BMgN. The SMILES string of the molecule is [B]C#N.[H-].[H-].[Mg+2]. The zero-order valence-electron chi connectivity index (χ0n) is 4.23. The number of nitriles is 1. The van der Waals surface area contributed by atoms with Gasteiger partial charge in [0.15, 0.2) is 0 Å². The molecule has 3 heteroatoms. The third-order valence-electron chi connectivity index (χ3n) is 0. The molecule has 0 rings (SSSR count). The van der Waals surface area contributed by atoms with E-state index in [9.17, 15) is 0 Å². The standard InChI is InChI=1S/CBN.Mg.2H/c2-1-3;;;/q;+2;2*-1. The van der Waals surface area contributed by atoms with Gasteiger partial charge < -0.3 is 2.85 Å². The molecule has 0 atom stereocenters. The van der Waals surface area contributed by atoms with Gasteiger partial charge in [-0.3, -0.25) is 0 Å². The van der Waals surface area contributed by atoms with Crippen LogP contribution in [0.1, 0.15) is 2.85 Å². The largest absolute Gasteiger partial charge is 2.00 e. The fourth-order valence-electron chi connectivity index (χ4n) is 0. The molecule has 2 radical (unpaired) electrons. The maximum atomic E-state index is 7.10. The van der Waals surface area contributed by atoms with Crippen molar-refractivity contribution in [2.24, 2.45) is 0 Å². The van der Waals surface area contributed by atoms with Crippen molar-refractivity contribution < 1.29 is 2.85 Å². The van der Waals surface area contributed by atoms with Crippen molar-refractivity contribution in [2.45, 2.75) is 0 Å². The van der Waals surface area contributed by atoms with Crippen molar-refractivity contribution in [3.05, 3.63) is 0 Å². The zero-order valence-corrected chi connectivity index (χ0v) is 3.65. The van der Waals surface area contributed by atoms with E-state index in [1.165, 1.54) is 5.97 Å². The molecule has 0 aromatic rings. The molecular weight excluding hydrogens is 61.1 g/mol. The molecule has 0 aliphatic carbocycles. The summed E-state index contributed by atoms with van der Waals surface area (Å²) in [7, 11) is 4.15. The van der Waals surface area contributed by atoms with Crippen LogP contribution >= 0.6 is 0 Å². The van der Waals surface area contributed by atoms with Crippen LogP contribution in [0.15, 0.2) is 0 Å². The van der Waals surface area contributed by atoms with E-state index >= 15 is 0 Å². The molecule has 0 saturated heterocycles. The van der Waals surface area contributed by atoms with Crippen molar-refractivity contribution in [1.29, 1.82) is 5.26 Å². The molecule has 0 saturated carbocycles. The summed E-state index contributed by atoms with van der Waals surface area (Å²) in [5.41, 5.74) is 0. The van der Waals surface area contributed by atoms with Crippen molar-refractivity contribution in [3.8, 4) is 5.97 Å². The van der Waals surface area contributed by atoms with Gasteiger partial charge in [0.25, 0.3) is 0 Å². The van der Waals surface area contributed by atoms with Crippen LogP contribution in [-0.2, 0) is 0 Å². The average molecular weight is 63.2 g/mol. The van der Waals surface area contributed by atoms with Crippen LogP contribution < -0.4 is 0 Å². The van der Waals surface area contributed by atoms with Gasteiger partial charge in [0.05, 0.1) is 0 Å². The first-order valence-electron chi connectivity index (χ1n) is 0.512. The van der Waals surface area contributed by atoms with Gasteiger partial charge in [-0.25, -0.2) is 5.26 Å². The normalized spacial score (nSPS) is 1.75. The van der Waals surface area contributed by atoms with Gasteiger partial charge in [0.2, 0.25) is 7.85 Å². The Morgan fingerprint density at radius 2 is 2.00 bits per heavy atom. The van der Waals surface area contributed by atoms with Crippen LogP contribution in [0, 0.1) is 11.2 Å². The van der Waals surface area contributed by atoms with Crippen molar-refractivity contribution in [3.63, 3.8) is 0 Å². The molecule has 0 aromatic heterocycles. The van der Waals surface area contributed by atoms with Crippen LogP contribution in [0.3, 0.4) is 0 Å². The van der Waals surface area contributed by atoms with E-state index in [0.717, 1.165) is 0 Å². The van der Waals surface area contributed by atoms with E-state index in [2.05, 4.69) is 7.85 Å². The summed E-state index contributed by atoms with van der Waals surface area (Å²) in [4.78, 5) is 0. The topological polar surface area (TPSA) is 23.8 Å². The molecule has 0 bridgehead atoms. The van der Waals surface area contributed by atoms with Crippen molar-refractivity contribution in [1.82, 2.24) is 0 Å². The molecule has 0 aliphatic rings. The van der Waals surface area contributed by atoms with E-state index < -0.39 is 0 Å². The molecule has 16 valence electrons. The Kier molecular flexibility index (Phi) is 22.7. The summed E-state index contributed by atoms with van der Waals surface area (Å²) < 4.78 is 0. The quantitative estimate of drug-likeness (QED) is 0.347. The molecule has 0 amide bonds. The first kappa shape index (κ1) is 8.85. The average Bonchev–Trinajstić information content (AvgIpc) is 0.918. The van der Waals surface area contributed by atoms with Gasteiger partial charge in [-0.2, -0.15) is 0 Å². The summed E-state index contributed by atoms with van der Waals surface area (Å²) in [6, 6.07) is 0. The van der Waals surface area contributed by atoms with Crippen LogP contribution in [0.5, 0.6) is 0 Å². The Hall–Kier alpha value is 0.321. The summed E-state index contributed by atoms with van der Waals surface area (Å²) in [5, 5.41) is 7.10. The summed E-state index contributed by atoms with van der Waals surface area (Å²) >= 11 is 0. The molecule has 0 spiro atoms. The molecule has 0 fully saturated rings. The maximum absolute atomic E-state index is 7.10. The fourth-order valence-corrected chi connectivity index (χ4v) is 0. The van der Waals surface area contributed by atoms with Crippen LogP contribution in [0.2, 0.25) is 0 Å². The molecule has 4 heavy (non-hydrogen) atoms. The first-order valence-corrected chi connectivity index (χ1v) is 0.512. The van der Waals surface area contributed by atoms with Crippen LogP contribution in [0.4, 0.5) is 0 Å². The van der Waals surface area contributed by atoms with E-state index in [-0.39, 0.29) is 25.9 Å². The van der Waals surface area contributed by atoms with E-state index in [4.69, 9.17) is 5.26 Å². The summed E-state index contributed by atoms with van der Waals surface area (Å²) in [6.45, 7) is 0. The Bertz CT molecular complexity index is 35.0. The second-order valence-electron chi connectivity index (χ2n) is 0.129. The minimum absolute atomic E-state index is 0. The number of hydrogen-bond donors (Lipinski definition) is 0. The van der Waals surface area contributed by atoms with Gasteiger partial charge >= 0.3 is 23.1 Å². The molecule has 0 aliphatic heterocycles. The molecule has 0 aromatic carbocycles. The number of rotatable bonds is 0. The van der Waals surface area contributed by atoms with Crippen molar-refractivity contribution >= 4 is 30.9 Å². The first-order chi connectivity index (χ1) is 1.41. The second kappa shape index (κ2) is 10.3. The second-order valence-corrected chi connectivity index (χ2v) is 0.129. The molecule has 0 unspecified atom stereocenters. The monoisotopic (exact) mass is 63.0 g/mol. The summed E-state index contributed by atoms with van der Waals surface area (Å²) in [6.07, 6.45) is 0. The van der Waals surface area contributed by atoms with Crippen molar-refractivity contribution in [2.75, 3.05) is 0 Å². The van der Waals surface area contributed by atoms with Gasteiger partial charge in [-0.15, -0.1) is 0 Å². The molecule has 0 heterocycles. The Balaban J connectivity index is -0.00000000667. The third kappa shape index (κ3) is 39.3. The minimum Gasteiger partial charge on any atom is -1.00 e. The van der Waals surface area contributed by atoms with Crippen LogP contribution in [0.25, 0.3) is 0 Å². The maximum Gasteiger partial charge on any atom is 2.00 e. The molecule has 1 nitrogen and oxygen atoms in total. The Morgan fingerprint density at radius 3 is 2.00 bits per heavy atom. The Labute approximate surface area is 45.5 Å². The predicted octanol–water partition coefficient (Wildman–Crippen LogP) is -0.520. The number of hydrogen-bond acceptors (Lipinski definition) is 1. The van der Waals surface area contributed by atoms with Gasteiger partial charge in [0.1, 0.15) is 0 Å². The van der Waals surface area contributed by atoms with Gasteiger partial charge in [0, 0.05) is 0 Å². The third-order valence-corrected chi connectivity index (χ3v) is 0. The van der Waals surface area contributed by atoms with E-state index in [1.807, 2.05) is 0 Å². The zero-order chi connectivity index (χ0) is 2.71. The molecule has 0 N–H and O–H groups in total. The van der Waals surface area contributed by atoms with Gasteiger partial charge in [-0.1, -0.05) is 0 Å². The Morgan fingerprint density at radius 1 is 2.00 bits per heavy atom. The summed E-state index contributed by atoms with van der Waals surface area (Å²) in [5.74, 6) is 1.25. The smallest absolute Gasteiger partial charge is 1.00 e. The predicted molar refractivity (Wildman–Crippen MR) is 19.3 cm³/mol. The van der Waals surface area contributed by atoms with Crippen LogP contribution in [-0.4, -0.2) is 30.9 Å². The minimum atomic E-state index is 0.